The van der Waals surface area contributed by atoms with Crippen LogP contribution in [0.25, 0.3) is 0 Å². The molecule has 0 bridgehead atoms. The molecule has 2 atom stereocenters. The Morgan fingerprint density at radius 2 is 0.810 bits per heavy atom. The zero-order chi connectivity index (χ0) is 42.3. The van der Waals surface area contributed by atoms with E-state index in [9.17, 15) is 19.8 Å². The Hall–Kier alpha value is -1.66. The molecule has 2 unspecified atom stereocenters. The molecule has 0 spiro atoms. The molecule has 0 aromatic heterocycles. The number of hydrogen-bond donors (Lipinski definition) is 3. The van der Waals surface area contributed by atoms with E-state index in [1.807, 2.05) is 6.08 Å². The molecule has 58 heavy (non-hydrogen) atoms. The molecule has 0 saturated carbocycles. The number of carbonyl (C=O) groups is 2. The number of allylic oxidation sites excluding steroid dienone is 3. The molecule has 0 aliphatic rings. The Kier molecular flexibility index (Phi) is 46.6. The van der Waals surface area contributed by atoms with E-state index >= 15 is 0 Å². The third kappa shape index (κ3) is 43.9. The monoisotopic (exact) mass is 818 g/mol. The van der Waals surface area contributed by atoms with Crippen LogP contribution in [0.15, 0.2) is 24.3 Å². The lowest BCUT2D eigenvalue weighted by molar-refractivity contribution is -0.143. The van der Waals surface area contributed by atoms with Gasteiger partial charge in [0.2, 0.25) is 5.91 Å². The number of aliphatic hydroxyl groups is 2. The van der Waals surface area contributed by atoms with Gasteiger partial charge in [-0.25, -0.2) is 0 Å². The van der Waals surface area contributed by atoms with Gasteiger partial charge in [-0.15, -0.1) is 0 Å². The number of aliphatic hydroxyl groups excluding tert-OH is 2. The summed E-state index contributed by atoms with van der Waals surface area (Å²) in [5.74, 6) is -0.116. The van der Waals surface area contributed by atoms with Gasteiger partial charge in [-0.3, -0.25) is 9.59 Å². The van der Waals surface area contributed by atoms with Crippen molar-refractivity contribution >= 4 is 11.9 Å². The zero-order valence-corrected chi connectivity index (χ0v) is 38.8. The number of unbranched alkanes of at least 4 members (excludes halogenated alkanes) is 34. The van der Waals surface area contributed by atoms with Crippen LogP contribution in [0.3, 0.4) is 0 Å². The molecule has 0 aromatic rings. The van der Waals surface area contributed by atoms with Crippen LogP contribution >= 0.6 is 0 Å². The lowest BCUT2D eigenvalue weighted by Gasteiger charge is -2.20. The van der Waals surface area contributed by atoms with Crippen LogP contribution in [0, 0.1) is 0 Å². The summed E-state index contributed by atoms with van der Waals surface area (Å²) in [6, 6.07) is -0.645. The van der Waals surface area contributed by atoms with Crippen molar-refractivity contribution in [2.45, 2.75) is 283 Å². The van der Waals surface area contributed by atoms with Crippen LogP contribution in [0.1, 0.15) is 271 Å². The Bertz CT molecular complexity index is 904. The minimum atomic E-state index is -0.859. The van der Waals surface area contributed by atoms with E-state index in [0.717, 1.165) is 77.0 Å². The summed E-state index contributed by atoms with van der Waals surface area (Å²) < 4.78 is 5.44. The van der Waals surface area contributed by atoms with Crippen molar-refractivity contribution < 1.29 is 24.5 Å². The summed E-state index contributed by atoms with van der Waals surface area (Å²) >= 11 is 0. The minimum absolute atomic E-state index is 0.0224. The van der Waals surface area contributed by atoms with Gasteiger partial charge in [0.15, 0.2) is 0 Å². The molecule has 3 N–H and O–H groups in total. The topological polar surface area (TPSA) is 95.9 Å². The zero-order valence-electron chi connectivity index (χ0n) is 38.8. The average Bonchev–Trinajstić information content (AvgIpc) is 3.22. The number of ether oxygens (including phenoxy) is 1. The molecule has 0 radical (unpaired) electrons. The quantitative estimate of drug-likeness (QED) is 0.0323. The molecule has 0 heterocycles. The molecular weight excluding hydrogens is 719 g/mol. The van der Waals surface area contributed by atoms with Crippen molar-refractivity contribution in [1.29, 1.82) is 0 Å². The van der Waals surface area contributed by atoms with Crippen molar-refractivity contribution in [2.24, 2.45) is 0 Å². The summed E-state index contributed by atoms with van der Waals surface area (Å²) in [6.45, 7) is 4.84. The van der Waals surface area contributed by atoms with Crippen LogP contribution < -0.4 is 5.32 Å². The molecule has 0 rings (SSSR count). The first kappa shape index (κ1) is 56.3. The van der Waals surface area contributed by atoms with E-state index in [4.69, 9.17) is 4.74 Å². The van der Waals surface area contributed by atoms with E-state index in [0.29, 0.717) is 19.4 Å². The number of esters is 1. The van der Waals surface area contributed by atoms with Gasteiger partial charge in [-0.05, 0) is 64.2 Å². The summed E-state index contributed by atoms with van der Waals surface area (Å²) in [5, 5.41) is 23.0. The fourth-order valence-corrected chi connectivity index (χ4v) is 7.74. The van der Waals surface area contributed by atoms with Crippen molar-refractivity contribution in [3.8, 4) is 0 Å². The van der Waals surface area contributed by atoms with Crippen molar-refractivity contribution in [3.63, 3.8) is 0 Å². The molecule has 0 aliphatic heterocycles. The molecule has 342 valence electrons. The summed E-state index contributed by atoms with van der Waals surface area (Å²) in [7, 11) is 0. The average molecular weight is 818 g/mol. The first-order valence-corrected chi connectivity index (χ1v) is 25.6. The smallest absolute Gasteiger partial charge is 0.305 e. The highest BCUT2D eigenvalue weighted by atomic mass is 16.5. The fourth-order valence-electron chi connectivity index (χ4n) is 7.74. The SMILES string of the molecule is CCCCCCCCCCCCCCC/C=C/C(O)C(CO)NC(=O)CCCCCCC/C=C\CCCCCOC(=O)CCCCCCCCCCCCCCCC. The highest BCUT2D eigenvalue weighted by Crippen LogP contribution is 2.16. The van der Waals surface area contributed by atoms with Gasteiger partial charge in [0.25, 0.3) is 0 Å². The number of amides is 1. The Balaban J connectivity index is 3.54. The molecule has 1 amide bonds. The van der Waals surface area contributed by atoms with Crippen LogP contribution in [0.5, 0.6) is 0 Å². The van der Waals surface area contributed by atoms with E-state index in [1.54, 1.807) is 6.08 Å². The van der Waals surface area contributed by atoms with Crippen LogP contribution in [0.2, 0.25) is 0 Å². The Morgan fingerprint density at radius 3 is 1.22 bits per heavy atom. The maximum atomic E-state index is 12.4. The second-order valence-electron chi connectivity index (χ2n) is 17.5. The molecular formula is C52H99NO5. The van der Waals surface area contributed by atoms with E-state index in [2.05, 4.69) is 31.3 Å². The van der Waals surface area contributed by atoms with Gasteiger partial charge in [-0.2, -0.15) is 0 Å². The molecule has 0 fully saturated rings. The second-order valence-corrected chi connectivity index (χ2v) is 17.5. The van der Waals surface area contributed by atoms with Crippen molar-refractivity contribution in [1.82, 2.24) is 5.32 Å². The standard InChI is InChI=1S/C52H99NO5/c1-3-5-7-9-11-13-15-17-19-20-24-28-32-36-40-44-50(55)49(48-54)53-51(56)45-41-37-33-29-25-22-23-27-31-35-39-43-47-58-52(57)46-42-38-34-30-26-21-18-16-14-12-10-8-6-4-2/h23,27,40,44,49-50,54-55H,3-22,24-26,28-39,41-43,45-48H2,1-2H3,(H,53,56)/b27-23-,44-40+. The predicted octanol–water partition coefficient (Wildman–Crippen LogP) is 15.1. The van der Waals surface area contributed by atoms with E-state index in [-0.39, 0.29) is 18.5 Å². The molecule has 0 aliphatic carbocycles. The first-order valence-electron chi connectivity index (χ1n) is 25.6. The fraction of sp³-hybridized carbons (Fsp3) is 0.885. The van der Waals surface area contributed by atoms with Crippen molar-refractivity contribution in [2.75, 3.05) is 13.2 Å². The van der Waals surface area contributed by atoms with E-state index < -0.39 is 12.1 Å². The molecule has 0 saturated heterocycles. The van der Waals surface area contributed by atoms with Crippen LogP contribution in [-0.2, 0) is 14.3 Å². The summed E-state index contributed by atoms with van der Waals surface area (Å²) in [6.07, 6.45) is 56.0. The molecule has 6 heteroatoms. The van der Waals surface area contributed by atoms with Gasteiger partial charge in [0, 0.05) is 12.8 Å². The van der Waals surface area contributed by atoms with Crippen molar-refractivity contribution in [3.05, 3.63) is 24.3 Å². The lowest BCUT2D eigenvalue weighted by Crippen LogP contribution is -2.45. The highest BCUT2D eigenvalue weighted by molar-refractivity contribution is 5.76. The van der Waals surface area contributed by atoms with Gasteiger partial charge in [-0.1, -0.05) is 218 Å². The maximum absolute atomic E-state index is 12.4. The number of nitrogens with one attached hydrogen (secondary N) is 1. The van der Waals surface area contributed by atoms with E-state index in [1.165, 1.54) is 167 Å². The maximum Gasteiger partial charge on any atom is 0.305 e. The third-order valence-electron chi connectivity index (χ3n) is 11.7. The summed E-state index contributed by atoms with van der Waals surface area (Å²) in [4.78, 5) is 24.4. The first-order chi connectivity index (χ1) is 28.5. The molecule has 0 aromatic carbocycles. The highest BCUT2D eigenvalue weighted by Gasteiger charge is 2.18. The van der Waals surface area contributed by atoms with Gasteiger partial charge in [0.05, 0.1) is 25.4 Å². The number of carbonyl (C=O) groups excluding carboxylic acids is 2. The Morgan fingerprint density at radius 1 is 0.466 bits per heavy atom. The Labute approximate surface area is 361 Å². The van der Waals surface area contributed by atoms with Crippen LogP contribution in [0.4, 0.5) is 0 Å². The second kappa shape index (κ2) is 48.0. The summed E-state index contributed by atoms with van der Waals surface area (Å²) in [5.41, 5.74) is 0. The van der Waals surface area contributed by atoms with Crippen LogP contribution in [-0.4, -0.2) is 47.4 Å². The van der Waals surface area contributed by atoms with Gasteiger partial charge in [0.1, 0.15) is 0 Å². The van der Waals surface area contributed by atoms with Gasteiger partial charge >= 0.3 is 5.97 Å². The van der Waals surface area contributed by atoms with Gasteiger partial charge < -0.3 is 20.3 Å². The molecule has 6 nitrogen and oxygen atoms in total. The normalized spacial score (nSPS) is 12.8. The number of rotatable bonds is 47. The largest absolute Gasteiger partial charge is 0.466 e. The number of hydrogen-bond acceptors (Lipinski definition) is 5. The predicted molar refractivity (Wildman–Crippen MR) is 250 cm³/mol. The lowest BCUT2D eigenvalue weighted by atomic mass is 10.0. The third-order valence-corrected chi connectivity index (χ3v) is 11.7. The minimum Gasteiger partial charge on any atom is -0.466 e.